The molecule has 44 heavy (non-hydrogen) atoms. The van der Waals surface area contributed by atoms with Crippen LogP contribution in [-0.4, -0.2) is 27.6 Å². The van der Waals surface area contributed by atoms with Crippen molar-refractivity contribution in [1.82, 2.24) is 9.55 Å². The molecule has 0 radical (unpaired) electrons. The molecule has 4 aromatic carbocycles. The average Bonchev–Trinajstić information content (AvgIpc) is 3.42. The van der Waals surface area contributed by atoms with E-state index in [1.54, 1.807) is 42.5 Å². The molecule has 1 heterocycles. The summed E-state index contributed by atoms with van der Waals surface area (Å²) in [6.45, 7) is -0.0185. The molecule has 0 atom stereocenters. The number of rotatable bonds is 8. The number of halogens is 2. The van der Waals surface area contributed by atoms with E-state index in [2.05, 4.69) is 4.57 Å². The highest BCUT2D eigenvalue weighted by molar-refractivity contribution is 6.30. The molecular formula is C34H29ClFN3O5. The van der Waals surface area contributed by atoms with Gasteiger partial charge in [-0.15, -0.1) is 0 Å². The van der Waals surface area contributed by atoms with Crippen LogP contribution >= 0.6 is 11.6 Å². The highest BCUT2D eigenvalue weighted by Crippen LogP contribution is 2.38. The third-order valence-electron chi connectivity index (χ3n) is 8.08. The van der Waals surface area contributed by atoms with Gasteiger partial charge in [0, 0.05) is 34.8 Å². The fourth-order valence-electron chi connectivity index (χ4n) is 5.89. The van der Waals surface area contributed by atoms with E-state index in [0.717, 1.165) is 48.7 Å². The summed E-state index contributed by atoms with van der Waals surface area (Å²) >= 11 is 6.05. The van der Waals surface area contributed by atoms with Crippen molar-refractivity contribution < 1.29 is 23.6 Å². The Labute approximate surface area is 258 Å². The fraction of sp³-hybridized carbons (Fsp3) is 0.235. The Kier molecular flexibility index (Phi) is 8.30. The van der Waals surface area contributed by atoms with Crippen LogP contribution in [0.15, 0.2) is 78.9 Å². The van der Waals surface area contributed by atoms with Gasteiger partial charge < -0.3 is 14.0 Å². The normalized spacial score (nSPS) is 13.6. The van der Waals surface area contributed by atoms with E-state index in [1.165, 1.54) is 25.3 Å². The molecule has 1 aromatic heterocycles. The topological polar surface area (TPSA) is 96.5 Å². The van der Waals surface area contributed by atoms with Crippen LogP contribution in [0.2, 0.25) is 5.02 Å². The molecule has 0 spiro atoms. The first-order chi connectivity index (χ1) is 21.3. The van der Waals surface area contributed by atoms with Crippen LogP contribution in [0.5, 0.6) is 5.75 Å². The smallest absolute Gasteiger partial charge is 0.337 e. The quantitative estimate of drug-likeness (QED) is 0.0984. The van der Waals surface area contributed by atoms with E-state index < -0.39 is 16.7 Å². The lowest BCUT2D eigenvalue weighted by atomic mass is 9.94. The van der Waals surface area contributed by atoms with Gasteiger partial charge in [-0.1, -0.05) is 43.0 Å². The Morgan fingerprint density at radius 1 is 1.00 bits per heavy atom. The molecule has 5 aromatic rings. The summed E-state index contributed by atoms with van der Waals surface area (Å²) < 4.78 is 28.8. The number of esters is 1. The number of imidazole rings is 1. The zero-order valence-electron chi connectivity index (χ0n) is 24.0. The Balaban J connectivity index is 1.33. The van der Waals surface area contributed by atoms with Gasteiger partial charge >= 0.3 is 5.97 Å². The number of hydrogen-bond donors (Lipinski definition) is 0. The Morgan fingerprint density at radius 2 is 1.75 bits per heavy atom. The minimum atomic E-state index is -0.514. The highest BCUT2D eigenvalue weighted by atomic mass is 35.5. The molecular weight excluding hydrogens is 585 g/mol. The largest absolute Gasteiger partial charge is 0.489 e. The minimum Gasteiger partial charge on any atom is -0.489 e. The first kappa shape index (κ1) is 29.3. The van der Waals surface area contributed by atoms with Crippen LogP contribution in [0, 0.1) is 15.9 Å². The molecule has 1 aliphatic rings. The van der Waals surface area contributed by atoms with Gasteiger partial charge in [0.05, 0.1) is 34.2 Å². The molecule has 0 N–H and O–H groups in total. The van der Waals surface area contributed by atoms with E-state index in [0.29, 0.717) is 33.1 Å². The van der Waals surface area contributed by atoms with Crippen molar-refractivity contribution in [3.05, 3.63) is 111 Å². The molecule has 6 rings (SSSR count). The van der Waals surface area contributed by atoms with Crippen molar-refractivity contribution in [2.45, 2.75) is 44.8 Å². The van der Waals surface area contributed by atoms with Gasteiger partial charge in [0.2, 0.25) is 0 Å². The summed E-state index contributed by atoms with van der Waals surface area (Å²) in [5.41, 5.74) is 4.19. The molecule has 0 saturated heterocycles. The molecule has 0 aliphatic heterocycles. The second-order valence-electron chi connectivity index (χ2n) is 10.8. The lowest BCUT2D eigenvalue weighted by Crippen LogP contribution is -2.14. The van der Waals surface area contributed by atoms with Gasteiger partial charge in [0.15, 0.2) is 0 Å². The molecule has 1 saturated carbocycles. The predicted octanol–water partition coefficient (Wildman–Crippen LogP) is 8.94. The van der Waals surface area contributed by atoms with Gasteiger partial charge in [-0.3, -0.25) is 10.1 Å². The Morgan fingerprint density at radius 3 is 2.45 bits per heavy atom. The van der Waals surface area contributed by atoms with Crippen LogP contribution in [0.25, 0.3) is 33.5 Å². The number of nitro benzene ring substituents is 1. The first-order valence-electron chi connectivity index (χ1n) is 14.4. The van der Waals surface area contributed by atoms with Crippen molar-refractivity contribution in [2.75, 3.05) is 7.11 Å². The number of ether oxygens (including phenoxy) is 2. The molecule has 1 aliphatic carbocycles. The van der Waals surface area contributed by atoms with E-state index in [4.69, 9.17) is 26.1 Å². The highest BCUT2D eigenvalue weighted by Gasteiger charge is 2.25. The van der Waals surface area contributed by atoms with Crippen LogP contribution < -0.4 is 4.74 Å². The van der Waals surface area contributed by atoms with Gasteiger partial charge in [0.1, 0.15) is 24.0 Å². The predicted molar refractivity (Wildman–Crippen MR) is 166 cm³/mol. The van der Waals surface area contributed by atoms with Crippen LogP contribution in [0.3, 0.4) is 0 Å². The van der Waals surface area contributed by atoms with Gasteiger partial charge in [-0.05, 0) is 72.5 Å². The monoisotopic (exact) mass is 613 g/mol. The third kappa shape index (κ3) is 5.88. The average molecular weight is 614 g/mol. The first-order valence-corrected chi connectivity index (χ1v) is 14.8. The second kappa shape index (κ2) is 12.5. The number of methoxy groups -OCH3 is 1. The summed E-state index contributed by atoms with van der Waals surface area (Å²) in [6, 6.07) is 21.7. The lowest BCUT2D eigenvalue weighted by molar-refractivity contribution is -0.384. The van der Waals surface area contributed by atoms with Gasteiger partial charge in [-0.2, -0.15) is 0 Å². The summed E-state index contributed by atoms with van der Waals surface area (Å²) in [4.78, 5) is 28.0. The third-order valence-corrected chi connectivity index (χ3v) is 8.33. The summed E-state index contributed by atoms with van der Waals surface area (Å²) in [5, 5.41) is 12.1. The lowest BCUT2D eigenvalue weighted by Gasteiger charge is -2.25. The maximum absolute atomic E-state index is 15.8. The molecule has 10 heteroatoms. The number of non-ortho nitro benzene ring substituents is 1. The SMILES string of the molecule is COC(=O)c1ccc2c(c1)nc(-c1ccc(OCc3cc([N+](=O)[O-])ccc3-c3ccc(Cl)cc3)cc1F)n2C1CCCCC1. The van der Waals surface area contributed by atoms with E-state index in [9.17, 15) is 14.9 Å². The number of nitro groups is 1. The van der Waals surface area contributed by atoms with Crippen molar-refractivity contribution in [3.8, 4) is 28.3 Å². The van der Waals surface area contributed by atoms with Gasteiger partial charge in [0.25, 0.3) is 5.69 Å². The van der Waals surface area contributed by atoms with E-state index >= 15 is 4.39 Å². The van der Waals surface area contributed by atoms with E-state index in [-0.39, 0.29) is 24.1 Å². The minimum absolute atomic E-state index is 0.0185. The Bertz CT molecular complexity index is 1870. The molecule has 8 nitrogen and oxygen atoms in total. The number of fused-ring (bicyclic) bond motifs is 1. The van der Waals surface area contributed by atoms with Crippen molar-refractivity contribution >= 4 is 34.3 Å². The van der Waals surface area contributed by atoms with Crippen molar-refractivity contribution in [1.29, 1.82) is 0 Å². The molecule has 0 amide bonds. The molecule has 224 valence electrons. The molecule has 1 fully saturated rings. The fourth-order valence-corrected chi connectivity index (χ4v) is 6.02. The van der Waals surface area contributed by atoms with Gasteiger partial charge in [-0.25, -0.2) is 14.2 Å². The summed E-state index contributed by atoms with van der Waals surface area (Å²) in [7, 11) is 1.33. The maximum Gasteiger partial charge on any atom is 0.337 e. The zero-order valence-corrected chi connectivity index (χ0v) is 24.7. The maximum atomic E-state index is 15.8. The Hall–Kier alpha value is -4.76. The summed E-state index contributed by atoms with van der Waals surface area (Å²) in [6.07, 6.45) is 5.23. The summed E-state index contributed by atoms with van der Waals surface area (Å²) in [5.74, 6) is -0.217. The second-order valence-corrected chi connectivity index (χ2v) is 11.3. The number of benzene rings is 4. The number of hydrogen-bond acceptors (Lipinski definition) is 6. The van der Waals surface area contributed by atoms with Crippen LogP contribution in [0.1, 0.15) is 54.1 Å². The number of carbonyl (C=O) groups is 1. The van der Waals surface area contributed by atoms with Crippen molar-refractivity contribution in [3.63, 3.8) is 0 Å². The molecule has 0 unspecified atom stereocenters. The van der Waals surface area contributed by atoms with E-state index in [1.807, 2.05) is 18.2 Å². The van der Waals surface area contributed by atoms with Crippen molar-refractivity contribution in [2.24, 2.45) is 0 Å². The standard InChI is InChI=1S/C34H29ClFN3O5/c1-43-34(40)22-9-16-32-31(18-22)37-33(38(32)25-5-3-2-4-6-25)29-15-13-27(19-30(29)36)44-20-23-17-26(39(41)42)12-14-28(23)21-7-10-24(35)11-8-21/h7-19,25H,2-6,20H2,1H3. The number of nitrogens with zero attached hydrogens (tertiary/aromatic N) is 3. The number of aromatic nitrogens is 2. The van der Waals surface area contributed by atoms with Crippen LogP contribution in [-0.2, 0) is 11.3 Å². The molecule has 0 bridgehead atoms. The number of carbonyl (C=O) groups excluding carboxylic acids is 1. The van der Waals surface area contributed by atoms with Crippen LogP contribution in [0.4, 0.5) is 10.1 Å². The zero-order chi connectivity index (χ0) is 30.8.